The molecular formula is C48H37NSSi. The Bertz CT molecular complexity index is 2180. The first kappa shape index (κ1) is 31.1. The molecule has 0 spiro atoms. The second-order valence-electron chi connectivity index (χ2n) is 13.0. The number of aromatic nitrogens is 1. The molecule has 0 atom stereocenters. The quantitative estimate of drug-likeness (QED) is 0.121. The number of H-pyrrole nitrogens is 1. The van der Waals surface area contributed by atoms with Crippen molar-refractivity contribution in [3.8, 4) is 0 Å². The molecule has 0 saturated carbocycles. The summed E-state index contributed by atoms with van der Waals surface area (Å²) in [4.78, 5) is 9.10. The molecule has 1 heterocycles. The molecule has 1 aromatic heterocycles. The highest BCUT2D eigenvalue weighted by molar-refractivity contribution is 8.34. The van der Waals surface area contributed by atoms with Crippen molar-refractivity contribution in [3.63, 3.8) is 0 Å². The second kappa shape index (κ2) is 13.1. The first-order valence-corrected chi connectivity index (χ1v) is 21.1. The Morgan fingerprint density at radius 1 is 0.294 bits per heavy atom. The van der Waals surface area contributed by atoms with Crippen molar-refractivity contribution in [2.75, 3.05) is 0 Å². The van der Waals surface area contributed by atoms with Gasteiger partial charge in [-0.2, -0.15) is 0 Å². The monoisotopic (exact) mass is 687 g/mol. The average molecular weight is 688 g/mol. The van der Waals surface area contributed by atoms with E-state index in [1.54, 1.807) is 0 Å². The highest BCUT2D eigenvalue weighted by Gasteiger charge is 2.41. The third-order valence-corrected chi connectivity index (χ3v) is 18.9. The van der Waals surface area contributed by atoms with Gasteiger partial charge in [-0.05, 0) is 81.4 Å². The number of rotatable bonds is 8. The lowest BCUT2D eigenvalue weighted by molar-refractivity contribution is 1.25. The zero-order valence-corrected chi connectivity index (χ0v) is 30.0. The van der Waals surface area contributed by atoms with Crippen LogP contribution in [0.1, 0.15) is 0 Å². The Morgan fingerprint density at radius 2 is 0.647 bits per heavy atom. The van der Waals surface area contributed by atoms with E-state index in [1.165, 1.54) is 51.1 Å². The van der Waals surface area contributed by atoms with Crippen molar-refractivity contribution >= 4 is 60.7 Å². The predicted molar refractivity (Wildman–Crippen MR) is 219 cm³/mol. The minimum atomic E-state index is -2.69. The van der Waals surface area contributed by atoms with Crippen molar-refractivity contribution in [1.82, 2.24) is 4.98 Å². The van der Waals surface area contributed by atoms with Crippen LogP contribution in [0.4, 0.5) is 0 Å². The van der Waals surface area contributed by atoms with Crippen LogP contribution in [-0.2, 0) is 0 Å². The Labute approximate surface area is 302 Å². The van der Waals surface area contributed by atoms with E-state index in [2.05, 4.69) is 223 Å². The van der Waals surface area contributed by atoms with Gasteiger partial charge in [0.1, 0.15) is 0 Å². The van der Waals surface area contributed by atoms with Gasteiger partial charge in [0.15, 0.2) is 8.07 Å². The summed E-state index contributed by atoms with van der Waals surface area (Å²) < 4.78 is 0. The molecule has 9 aromatic rings. The van der Waals surface area contributed by atoms with E-state index < -0.39 is 18.1 Å². The SMILES string of the molecule is c1ccc([Si](c2ccccc2)(c2ccccc2)c2ccc3[nH]c4ccc(S(c5ccccc5)(c5ccccc5)c5ccccc5)cc4c3c2)cc1. The average Bonchev–Trinajstić information content (AvgIpc) is 3.59. The van der Waals surface area contributed by atoms with Crippen molar-refractivity contribution in [3.05, 3.63) is 218 Å². The molecule has 0 aliphatic heterocycles. The summed E-state index contributed by atoms with van der Waals surface area (Å²) >= 11 is 0. The van der Waals surface area contributed by atoms with E-state index in [9.17, 15) is 0 Å². The van der Waals surface area contributed by atoms with Gasteiger partial charge in [-0.15, -0.1) is 10.0 Å². The summed E-state index contributed by atoms with van der Waals surface area (Å²) in [5.74, 6) is 0. The molecule has 244 valence electrons. The molecular weight excluding hydrogens is 651 g/mol. The summed E-state index contributed by atoms with van der Waals surface area (Å²) in [6, 6.07) is 81.2. The van der Waals surface area contributed by atoms with Crippen molar-refractivity contribution in [1.29, 1.82) is 0 Å². The standard InChI is InChI=1S/C48H37NSSi/c1-7-19-37(20-8-1)50(38-21-9-2-10-22-38,39-23-11-3-12-24-39)40-31-33-47-45(35-40)46-36-44(32-34-48(46)49-47)51(41-25-13-4-14-26-41,42-27-15-5-16-28-42)43-29-17-6-18-30-43/h1-36,49H. The predicted octanol–water partition coefficient (Wildman–Crippen LogP) is 10.0. The summed E-state index contributed by atoms with van der Waals surface area (Å²) in [5, 5.41) is 8.01. The molecule has 0 aliphatic carbocycles. The van der Waals surface area contributed by atoms with E-state index in [-0.39, 0.29) is 0 Å². The maximum absolute atomic E-state index is 3.80. The molecule has 1 N–H and O–H groups in total. The first-order chi connectivity index (χ1) is 25.3. The maximum atomic E-state index is 3.80. The van der Waals surface area contributed by atoms with Gasteiger partial charge < -0.3 is 4.98 Å². The Balaban J connectivity index is 1.36. The first-order valence-electron chi connectivity index (χ1n) is 17.5. The highest BCUT2D eigenvalue weighted by Crippen LogP contribution is 2.73. The molecule has 0 unspecified atom stereocenters. The van der Waals surface area contributed by atoms with Gasteiger partial charge in [0.2, 0.25) is 0 Å². The van der Waals surface area contributed by atoms with Crippen LogP contribution in [0.25, 0.3) is 21.8 Å². The fourth-order valence-electron chi connectivity index (χ4n) is 8.05. The molecule has 0 saturated heterocycles. The summed E-state index contributed by atoms with van der Waals surface area (Å²) in [7, 11) is -4.52. The Morgan fingerprint density at radius 3 is 1.06 bits per heavy atom. The fraction of sp³-hybridized carbons (Fsp3) is 0. The largest absolute Gasteiger partial charge is 0.355 e. The third kappa shape index (κ3) is 5.08. The van der Waals surface area contributed by atoms with Gasteiger partial charge in [0.25, 0.3) is 0 Å². The minimum Gasteiger partial charge on any atom is -0.355 e. The van der Waals surface area contributed by atoms with Crippen LogP contribution in [0.15, 0.2) is 238 Å². The van der Waals surface area contributed by atoms with Crippen LogP contribution in [0.2, 0.25) is 0 Å². The van der Waals surface area contributed by atoms with E-state index in [0.717, 1.165) is 11.0 Å². The third-order valence-electron chi connectivity index (χ3n) is 10.3. The molecule has 51 heavy (non-hydrogen) atoms. The van der Waals surface area contributed by atoms with Crippen LogP contribution < -0.4 is 20.7 Å². The van der Waals surface area contributed by atoms with Gasteiger partial charge >= 0.3 is 0 Å². The lowest BCUT2D eigenvalue weighted by Gasteiger charge is -2.42. The lowest BCUT2D eigenvalue weighted by Crippen LogP contribution is -2.74. The van der Waals surface area contributed by atoms with Crippen LogP contribution in [-0.4, -0.2) is 13.1 Å². The van der Waals surface area contributed by atoms with Crippen LogP contribution in [0, 0.1) is 0 Å². The molecule has 0 fully saturated rings. The van der Waals surface area contributed by atoms with Crippen LogP contribution in [0.3, 0.4) is 0 Å². The van der Waals surface area contributed by atoms with Gasteiger partial charge in [0, 0.05) is 41.4 Å². The van der Waals surface area contributed by atoms with Crippen LogP contribution >= 0.6 is 10.0 Å². The Hall–Kier alpha value is -5.87. The zero-order valence-electron chi connectivity index (χ0n) is 28.2. The van der Waals surface area contributed by atoms with E-state index in [1.807, 2.05) is 0 Å². The number of benzene rings is 8. The highest BCUT2D eigenvalue weighted by atomic mass is 32.3. The van der Waals surface area contributed by atoms with Gasteiger partial charge in [-0.1, -0.05) is 158 Å². The van der Waals surface area contributed by atoms with Gasteiger partial charge in [0.05, 0.1) is 0 Å². The fourth-order valence-corrected chi connectivity index (χ4v) is 16.7. The number of hydrogen-bond acceptors (Lipinski definition) is 0. The molecule has 9 rings (SSSR count). The molecule has 0 radical (unpaired) electrons. The Kier molecular flexibility index (Phi) is 8.00. The molecule has 0 bridgehead atoms. The molecule has 1 nitrogen and oxygen atoms in total. The number of nitrogens with one attached hydrogen (secondary N) is 1. The normalized spacial score (nSPS) is 12.2. The number of aromatic amines is 1. The topological polar surface area (TPSA) is 15.8 Å². The van der Waals surface area contributed by atoms with E-state index >= 15 is 0 Å². The molecule has 8 aromatic carbocycles. The number of fused-ring (bicyclic) bond motifs is 3. The minimum absolute atomic E-state index is 1.15. The summed E-state index contributed by atoms with van der Waals surface area (Å²) in [5.41, 5.74) is 2.31. The molecule has 3 heteroatoms. The molecule has 0 aliphatic rings. The summed E-state index contributed by atoms with van der Waals surface area (Å²) in [6.45, 7) is 0. The lowest BCUT2D eigenvalue weighted by atomic mass is 10.1. The van der Waals surface area contributed by atoms with Gasteiger partial charge in [-0.3, -0.25) is 0 Å². The van der Waals surface area contributed by atoms with E-state index in [4.69, 9.17) is 0 Å². The van der Waals surface area contributed by atoms with Gasteiger partial charge in [-0.25, -0.2) is 0 Å². The molecule has 0 amide bonds. The van der Waals surface area contributed by atoms with Crippen molar-refractivity contribution in [2.24, 2.45) is 0 Å². The smallest absolute Gasteiger partial charge is 0.179 e. The second-order valence-corrected chi connectivity index (χ2v) is 19.9. The van der Waals surface area contributed by atoms with Crippen molar-refractivity contribution in [2.45, 2.75) is 19.6 Å². The van der Waals surface area contributed by atoms with Crippen LogP contribution in [0.5, 0.6) is 0 Å². The maximum Gasteiger partial charge on any atom is 0.179 e. The number of hydrogen-bond donors (Lipinski definition) is 1. The van der Waals surface area contributed by atoms with E-state index in [0.29, 0.717) is 0 Å². The van der Waals surface area contributed by atoms with Crippen molar-refractivity contribution < 1.29 is 0 Å². The zero-order chi connectivity index (χ0) is 34.1. The summed E-state index contributed by atoms with van der Waals surface area (Å²) in [6.07, 6.45) is 0.